The average Bonchev–Trinajstić information content (AvgIpc) is 2.39. The molecular weight excluding hydrogens is 211 g/mol. The topological polar surface area (TPSA) is 0 Å². The number of alkyl halides is 1. The van der Waals surface area contributed by atoms with Crippen LogP contribution >= 0.6 is 0 Å². The van der Waals surface area contributed by atoms with Gasteiger partial charge in [0.2, 0.25) is 0 Å². The minimum atomic E-state index is -0.548. The lowest BCUT2D eigenvalue weighted by molar-refractivity contribution is 0.229. The molecule has 0 unspecified atom stereocenters. The molecule has 2 fully saturated rings. The van der Waals surface area contributed by atoms with Gasteiger partial charge in [-0.05, 0) is 57.3 Å². The van der Waals surface area contributed by atoms with Crippen molar-refractivity contribution in [3.8, 4) is 11.8 Å². The Bertz CT molecular complexity index is 270. The third-order valence-electron chi connectivity index (χ3n) is 4.57. The van der Waals surface area contributed by atoms with Gasteiger partial charge in [-0.2, -0.15) is 0 Å². The lowest BCUT2D eigenvalue weighted by Gasteiger charge is -2.25. The first-order chi connectivity index (χ1) is 8.28. The van der Waals surface area contributed by atoms with Crippen LogP contribution in [0.4, 0.5) is 4.39 Å². The SMILES string of the molecule is CCC1CCC(C#CC2CCC(F)CC2)CC1. The maximum Gasteiger partial charge on any atom is 0.100 e. The van der Waals surface area contributed by atoms with Crippen LogP contribution < -0.4 is 0 Å². The second-order valence-electron chi connectivity index (χ2n) is 5.86. The zero-order chi connectivity index (χ0) is 12.1. The van der Waals surface area contributed by atoms with Gasteiger partial charge in [0, 0.05) is 11.8 Å². The minimum Gasteiger partial charge on any atom is -0.247 e. The number of rotatable bonds is 1. The molecular formula is C16H25F. The van der Waals surface area contributed by atoms with Gasteiger partial charge in [0.1, 0.15) is 6.17 Å². The summed E-state index contributed by atoms with van der Waals surface area (Å²) in [5.74, 6) is 8.99. The molecule has 2 rings (SSSR count). The first kappa shape index (κ1) is 12.9. The van der Waals surface area contributed by atoms with Gasteiger partial charge in [-0.3, -0.25) is 0 Å². The second kappa shape index (κ2) is 6.43. The third kappa shape index (κ3) is 4.02. The van der Waals surface area contributed by atoms with Crippen LogP contribution in [0.3, 0.4) is 0 Å². The van der Waals surface area contributed by atoms with E-state index in [1.54, 1.807) is 0 Å². The fourth-order valence-electron chi connectivity index (χ4n) is 3.15. The molecule has 2 saturated carbocycles. The molecule has 0 radical (unpaired) electrons. The lowest BCUT2D eigenvalue weighted by Crippen LogP contribution is -2.15. The maximum absolute atomic E-state index is 13.0. The number of halogens is 1. The van der Waals surface area contributed by atoms with Crippen LogP contribution in [0.5, 0.6) is 0 Å². The van der Waals surface area contributed by atoms with E-state index in [0.29, 0.717) is 11.8 Å². The van der Waals surface area contributed by atoms with Crippen LogP contribution in [0.2, 0.25) is 0 Å². The average molecular weight is 236 g/mol. The van der Waals surface area contributed by atoms with Crippen molar-refractivity contribution in [1.82, 2.24) is 0 Å². The summed E-state index contributed by atoms with van der Waals surface area (Å²) in [5, 5.41) is 0. The van der Waals surface area contributed by atoms with Crippen molar-refractivity contribution in [2.75, 3.05) is 0 Å². The number of hydrogen-bond donors (Lipinski definition) is 0. The largest absolute Gasteiger partial charge is 0.247 e. The lowest BCUT2D eigenvalue weighted by atomic mass is 9.80. The molecule has 0 aromatic rings. The van der Waals surface area contributed by atoms with Crippen molar-refractivity contribution in [3.05, 3.63) is 0 Å². The van der Waals surface area contributed by atoms with E-state index in [0.717, 1.165) is 31.6 Å². The van der Waals surface area contributed by atoms with Crippen LogP contribution in [-0.2, 0) is 0 Å². The van der Waals surface area contributed by atoms with Crippen LogP contribution in [-0.4, -0.2) is 6.17 Å². The molecule has 0 atom stereocenters. The van der Waals surface area contributed by atoms with Gasteiger partial charge in [0.15, 0.2) is 0 Å². The smallest absolute Gasteiger partial charge is 0.100 e. The first-order valence-electron chi connectivity index (χ1n) is 7.43. The fraction of sp³-hybridized carbons (Fsp3) is 0.875. The molecule has 0 spiro atoms. The highest BCUT2D eigenvalue weighted by Gasteiger charge is 2.20. The summed E-state index contributed by atoms with van der Waals surface area (Å²) in [6.45, 7) is 2.30. The summed E-state index contributed by atoms with van der Waals surface area (Å²) in [7, 11) is 0. The molecule has 96 valence electrons. The van der Waals surface area contributed by atoms with Crippen LogP contribution in [0.25, 0.3) is 0 Å². The van der Waals surface area contributed by atoms with Gasteiger partial charge in [0.05, 0.1) is 0 Å². The van der Waals surface area contributed by atoms with E-state index < -0.39 is 6.17 Å². The molecule has 0 amide bonds. The highest BCUT2D eigenvalue weighted by atomic mass is 19.1. The predicted molar refractivity (Wildman–Crippen MR) is 70.4 cm³/mol. The van der Waals surface area contributed by atoms with E-state index >= 15 is 0 Å². The Balaban J connectivity index is 1.74. The molecule has 0 N–H and O–H groups in total. The molecule has 2 aliphatic carbocycles. The molecule has 0 bridgehead atoms. The standard InChI is InChI=1S/C16H25F/c1-2-13-3-5-14(6-4-13)7-8-15-9-11-16(17)12-10-15/h13-16H,2-6,9-12H2,1H3. The van der Waals surface area contributed by atoms with Crippen molar-refractivity contribution in [2.45, 2.75) is 70.9 Å². The van der Waals surface area contributed by atoms with E-state index in [1.165, 1.54) is 32.1 Å². The Kier molecular flexibility index (Phi) is 4.89. The highest BCUT2D eigenvalue weighted by molar-refractivity contribution is 5.09. The van der Waals surface area contributed by atoms with E-state index in [2.05, 4.69) is 18.8 Å². The van der Waals surface area contributed by atoms with E-state index in [4.69, 9.17) is 0 Å². The number of hydrogen-bond acceptors (Lipinski definition) is 0. The van der Waals surface area contributed by atoms with Gasteiger partial charge in [0.25, 0.3) is 0 Å². The molecule has 0 aliphatic heterocycles. The normalized spacial score (nSPS) is 38.2. The summed E-state index contributed by atoms with van der Waals surface area (Å²) in [6, 6.07) is 0. The molecule has 0 aromatic heterocycles. The van der Waals surface area contributed by atoms with Crippen molar-refractivity contribution in [2.24, 2.45) is 17.8 Å². The predicted octanol–water partition coefficient (Wildman–Crippen LogP) is 4.73. The zero-order valence-corrected chi connectivity index (χ0v) is 11.1. The van der Waals surface area contributed by atoms with Crippen LogP contribution in [0, 0.1) is 29.6 Å². The van der Waals surface area contributed by atoms with Crippen LogP contribution in [0.1, 0.15) is 64.7 Å². The summed E-state index contributed by atoms with van der Waals surface area (Å²) in [5.41, 5.74) is 0. The van der Waals surface area contributed by atoms with E-state index in [1.807, 2.05) is 0 Å². The first-order valence-corrected chi connectivity index (χ1v) is 7.43. The van der Waals surface area contributed by atoms with Gasteiger partial charge in [-0.1, -0.05) is 25.2 Å². The Morgan fingerprint density at radius 1 is 0.824 bits per heavy atom. The molecule has 1 heteroatoms. The van der Waals surface area contributed by atoms with Gasteiger partial charge >= 0.3 is 0 Å². The third-order valence-corrected chi connectivity index (χ3v) is 4.57. The van der Waals surface area contributed by atoms with Crippen molar-refractivity contribution in [3.63, 3.8) is 0 Å². The van der Waals surface area contributed by atoms with E-state index in [-0.39, 0.29) is 0 Å². The van der Waals surface area contributed by atoms with Gasteiger partial charge in [-0.15, -0.1) is 0 Å². The second-order valence-corrected chi connectivity index (χ2v) is 5.86. The van der Waals surface area contributed by atoms with Crippen molar-refractivity contribution >= 4 is 0 Å². The fourth-order valence-corrected chi connectivity index (χ4v) is 3.15. The molecule has 0 heterocycles. The molecule has 2 aliphatic rings. The zero-order valence-electron chi connectivity index (χ0n) is 11.1. The Morgan fingerprint density at radius 2 is 1.29 bits per heavy atom. The van der Waals surface area contributed by atoms with Gasteiger partial charge < -0.3 is 0 Å². The Morgan fingerprint density at radius 3 is 1.76 bits per heavy atom. The Labute approximate surface area is 105 Å². The maximum atomic E-state index is 13.0. The van der Waals surface area contributed by atoms with Gasteiger partial charge in [-0.25, -0.2) is 4.39 Å². The monoisotopic (exact) mass is 236 g/mol. The molecule has 0 saturated heterocycles. The summed E-state index contributed by atoms with van der Waals surface area (Å²) < 4.78 is 13.0. The summed E-state index contributed by atoms with van der Waals surface area (Å²) in [4.78, 5) is 0. The van der Waals surface area contributed by atoms with Crippen molar-refractivity contribution < 1.29 is 4.39 Å². The van der Waals surface area contributed by atoms with E-state index in [9.17, 15) is 4.39 Å². The summed E-state index contributed by atoms with van der Waals surface area (Å²) >= 11 is 0. The highest BCUT2D eigenvalue weighted by Crippen LogP contribution is 2.31. The quantitative estimate of drug-likeness (QED) is 0.577. The molecule has 17 heavy (non-hydrogen) atoms. The van der Waals surface area contributed by atoms with Crippen molar-refractivity contribution in [1.29, 1.82) is 0 Å². The molecule has 0 nitrogen and oxygen atoms in total. The summed E-state index contributed by atoms with van der Waals surface area (Å²) in [6.07, 6.45) is 9.56. The Hall–Kier alpha value is -0.510. The van der Waals surface area contributed by atoms with Crippen LogP contribution in [0.15, 0.2) is 0 Å². The molecule has 0 aromatic carbocycles. The minimum absolute atomic E-state index is 0.492.